The van der Waals surface area contributed by atoms with Crippen molar-refractivity contribution < 1.29 is 65.4 Å². The first-order chi connectivity index (χ1) is 12.9. The van der Waals surface area contributed by atoms with E-state index in [9.17, 15) is 0 Å². The summed E-state index contributed by atoms with van der Waals surface area (Å²) in [5.41, 5.74) is 4.23. The summed E-state index contributed by atoms with van der Waals surface area (Å²) in [5, 5.41) is 0. The van der Waals surface area contributed by atoms with Crippen LogP contribution in [-0.2, 0) is 65.4 Å². The molecule has 3 aromatic rings. The molecule has 0 aliphatic heterocycles. The van der Waals surface area contributed by atoms with Crippen molar-refractivity contribution >= 4 is 24.3 Å². The molecule has 0 fully saturated rings. The van der Waals surface area contributed by atoms with E-state index >= 15 is 0 Å². The molecule has 0 spiro atoms. The van der Waals surface area contributed by atoms with Gasteiger partial charge in [0.15, 0.2) is 0 Å². The molecule has 0 saturated heterocycles. The first kappa shape index (κ1) is 24.9. The molecule has 2 heteroatoms. The largest absolute Gasteiger partial charge is 0.395 e. The van der Waals surface area contributed by atoms with Crippen LogP contribution < -0.4 is 0 Å². The number of rotatable bonds is 6. The molecule has 0 nitrogen and oxygen atoms in total. The molecule has 3 aromatic carbocycles. The van der Waals surface area contributed by atoms with Gasteiger partial charge in [-0.25, -0.2) is 6.08 Å². The number of allylic oxidation sites excluding steroid dienone is 4. The van der Waals surface area contributed by atoms with E-state index in [1.807, 2.05) is 78.9 Å². The second-order valence-corrected chi connectivity index (χ2v) is 5.60. The SMILES string of the molecule is [C-](=Cc1[c-]c[c-]c(C=[C-]/C=C/c2ccccc2)c1)/C=C/c1ccccc1.[Y].[Y]. The second-order valence-electron chi connectivity index (χ2n) is 5.60. The fraction of sp³-hybridized carbons (Fsp3) is 0. The van der Waals surface area contributed by atoms with Gasteiger partial charge in [-0.15, -0.1) is 0 Å². The van der Waals surface area contributed by atoms with Crippen LogP contribution in [0.3, 0.4) is 0 Å². The van der Waals surface area contributed by atoms with Gasteiger partial charge < -0.3 is 35.4 Å². The molecule has 0 aliphatic rings. The quantitative estimate of drug-likeness (QED) is 0.269. The molecular formula is C26H18Y2-4. The summed E-state index contributed by atoms with van der Waals surface area (Å²) in [6.07, 6.45) is 18.0. The van der Waals surface area contributed by atoms with Crippen LogP contribution in [0.5, 0.6) is 0 Å². The molecule has 0 amide bonds. The molecule has 0 N–H and O–H groups in total. The fourth-order valence-electron chi connectivity index (χ4n) is 2.31. The Morgan fingerprint density at radius 1 is 0.607 bits per heavy atom. The van der Waals surface area contributed by atoms with Crippen LogP contribution in [-0.4, -0.2) is 0 Å². The molecule has 0 atom stereocenters. The van der Waals surface area contributed by atoms with Gasteiger partial charge in [-0.05, 0) is 0 Å². The molecule has 3 rings (SSSR count). The van der Waals surface area contributed by atoms with Crippen LogP contribution in [0.2, 0.25) is 0 Å². The Bertz CT molecular complexity index is 846. The molecule has 2 radical (unpaired) electrons. The maximum absolute atomic E-state index is 3.17. The Balaban J connectivity index is 0.00000196. The van der Waals surface area contributed by atoms with Crippen molar-refractivity contribution in [2.75, 3.05) is 0 Å². The van der Waals surface area contributed by atoms with E-state index in [2.05, 4.69) is 48.6 Å². The number of benzene rings is 3. The topological polar surface area (TPSA) is 0 Å². The maximum atomic E-state index is 3.17. The van der Waals surface area contributed by atoms with Crippen molar-refractivity contribution in [2.45, 2.75) is 0 Å². The first-order valence-corrected chi connectivity index (χ1v) is 8.45. The summed E-state index contributed by atoms with van der Waals surface area (Å²) in [6, 6.07) is 30.4. The molecule has 0 heterocycles. The summed E-state index contributed by atoms with van der Waals surface area (Å²) >= 11 is 0. The van der Waals surface area contributed by atoms with Gasteiger partial charge in [0.1, 0.15) is 0 Å². The minimum absolute atomic E-state index is 0. The fourth-order valence-corrected chi connectivity index (χ4v) is 2.31. The van der Waals surface area contributed by atoms with Gasteiger partial charge in [0.05, 0.1) is 0 Å². The average Bonchev–Trinajstić information content (AvgIpc) is 2.71. The van der Waals surface area contributed by atoms with Crippen LogP contribution in [0, 0.1) is 24.3 Å². The van der Waals surface area contributed by atoms with Crippen LogP contribution in [0.25, 0.3) is 24.3 Å². The molecule has 0 aromatic heterocycles. The monoisotopic (exact) mass is 508 g/mol. The summed E-state index contributed by atoms with van der Waals surface area (Å²) in [4.78, 5) is 0. The smallest absolute Gasteiger partial charge is 0 e. The third-order valence-electron chi connectivity index (χ3n) is 3.61. The van der Waals surface area contributed by atoms with E-state index in [1.54, 1.807) is 6.07 Å². The van der Waals surface area contributed by atoms with E-state index in [1.165, 1.54) is 0 Å². The predicted molar refractivity (Wildman–Crippen MR) is 110 cm³/mol. The summed E-state index contributed by atoms with van der Waals surface area (Å²) in [6.45, 7) is 0. The van der Waals surface area contributed by atoms with Crippen LogP contribution in [0.4, 0.5) is 0 Å². The molecular weight excluding hydrogens is 490 g/mol. The van der Waals surface area contributed by atoms with E-state index in [0.717, 1.165) is 22.3 Å². The Morgan fingerprint density at radius 3 is 1.46 bits per heavy atom. The van der Waals surface area contributed by atoms with Gasteiger partial charge in [0.25, 0.3) is 0 Å². The third-order valence-corrected chi connectivity index (χ3v) is 3.61. The second kappa shape index (κ2) is 14.8. The van der Waals surface area contributed by atoms with Crippen LogP contribution >= 0.6 is 0 Å². The van der Waals surface area contributed by atoms with Crippen LogP contribution in [0.15, 0.2) is 84.9 Å². The molecule has 0 saturated carbocycles. The van der Waals surface area contributed by atoms with E-state index in [4.69, 9.17) is 0 Å². The number of hydrogen-bond acceptors (Lipinski definition) is 0. The molecule has 0 aliphatic carbocycles. The minimum Gasteiger partial charge on any atom is -0.395 e. The van der Waals surface area contributed by atoms with Gasteiger partial charge in [-0.2, -0.15) is 30.4 Å². The van der Waals surface area contributed by atoms with Gasteiger partial charge >= 0.3 is 0 Å². The zero-order valence-electron chi connectivity index (χ0n) is 15.5. The van der Waals surface area contributed by atoms with E-state index in [0.29, 0.717) is 0 Å². The Labute approximate surface area is 218 Å². The van der Waals surface area contributed by atoms with Crippen molar-refractivity contribution in [3.8, 4) is 0 Å². The van der Waals surface area contributed by atoms with Crippen molar-refractivity contribution in [3.05, 3.63) is 131 Å². The molecule has 0 unspecified atom stereocenters. The van der Waals surface area contributed by atoms with Gasteiger partial charge in [0, 0.05) is 65.4 Å². The minimum atomic E-state index is 0. The standard InChI is InChI=1S/C26H18.2Y/c1-3-12-23(13-4-1)16-7-9-18-25-20-11-21-26(22-25)19-10-8-17-24-14-5-2-6-15-24;;/h1-8,11-19,22H;;/q-4;;/b16-7+,17-8+;;. The van der Waals surface area contributed by atoms with E-state index in [-0.39, 0.29) is 65.4 Å². The van der Waals surface area contributed by atoms with Crippen molar-refractivity contribution in [1.82, 2.24) is 0 Å². The summed E-state index contributed by atoms with van der Waals surface area (Å²) in [5.74, 6) is 0. The van der Waals surface area contributed by atoms with Gasteiger partial charge in [-0.3, -0.25) is 12.1 Å². The number of hydrogen-bond donors (Lipinski definition) is 0. The van der Waals surface area contributed by atoms with E-state index < -0.39 is 0 Å². The molecule has 28 heavy (non-hydrogen) atoms. The third kappa shape index (κ3) is 9.35. The average molecular weight is 508 g/mol. The normalized spacial score (nSPS) is 11.1. The predicted octanol–water partition coefficient (Wildman–Crippen LogP) is 6.34. The zero-order valence-corrected chi connectivity index (χ0v) is 21.2. The molecule has 132 valence electrons. The van der Waals surface area contributed by atoms with Crippen LogP contribution in [0.1, 0.15) is 22.3 Å². The van der Waals surface area contributed by atoms with Crippen molar-refractivity contribution in [2.24, 2.45) is 0 Å². The Kier molecular flexibility index (Phi) is 13.1. The maximum Gasteiger partial charge on any atom is 0 e. The molecule has 0 bridgehead atoms. The summed E-state index contributed by atoms with van der Waals surface area (Å²) < 4.78 is 0. The first-order valence-electron chi connectivity index (χ1n) is 8.45. The van der Waals surface area contributed by atoms with Crippen molar-refractivity contribution in [3.63, 3.8) is 0 Å². The Morgan fingerprint density at radius 2 is 1.04 bits per heavy atom. The van der Waals surface area contributed by atoms with Gasteiger partial charge in [0.2, 0.25) is 0 Å². The Hall–Kier alpha value is -1.17. The van der Waals surface area contributed by atoms with Crippen molar-refractivity contribution in [1.29, 1.82) is 0 Å². The summed E-state index contributed by atoms with van der Waals surface area (Å²) in [7, 11) is 0. The van der Waals surface area contributed by atoms with Gasteiger partial charge in [-0.1, -0.05) is 71.8 Å². The zero-order chi connectivity index (χ0) is 17.9.